The number of hydrogen-bond donors (Lipinski definition) is 2. The van der Waals surface area contributed by atoms with Gasteiger partial charge in [0.25, 0.3) is 0 Å². The minimum absolute atomic E-state index is 0. The Morgan fingerprint density at radius 2 is 1.84 bits per heavy atom. The van der Waals surface area contributed by atoms with Crippen LogP contribution in [0.3, 0.4) is 0 Å². The molecule has 0 radical (unpaired) electrons. The molecule has 1 aliphatic carbocycles. The van der Waals surface area contributed by atoms with E-state index in [4.69, 9.17) is 9.47 Å². The number of rotatable bonds is 14. The Labute approximate surface area is 225 Å². The molecule has 0 aromatic heterocycles. The molecule has 2 N–H and O–H groups in total. The predicted octanol–water partition coefficient (Wildman–Crippen LogP) is 5.58. The van der Waals surface area contributed by atoms with Crippen LogP contribution in [0.4, 0.5) is 8.78 Å². The zero-order chi connectivity index (χ0) is 26.1. The number of nitrogens with one attached hydrogen (secondary N) is 1. The van der Waals surface area contributed by atoms with Crippen molar-refractivity contribution in [2.75, 3.05) is 19.8 Å². The smallest absolute Gasteiger partial charge is 0.305 e. The first-order valence-electron chi connectivity index (χ1n) is 12.9. The van der Waals surface area contributed by atoms with Gasteiger partial charge in [-0.2, -0.15) is 4.39 Å². The molecule has 206 valence electrons. The molecular weight excluding hydrogens is 500 g/mol. The average molecular weight is 540 g/mol. The fraction of sp³-hybridized carbons (Fsp3) is 0.552. The van der Waals surface area contributed by atoms with Gasteiger partial charge in [0.15, 0.2) is 11.6 Å². The highest BCUT2D eigenvalue weighted by Gasteiger charge is 2.28. The molecule has 5 nitrogen and oxygen atoms in total. The van der Waals surface area contributed by atoms with Crippen LogP contribution >= 0.6 is 12.4 Å². The van der Waals surface area contributed by atoms with Crippen LogP contribution in [0.15, 0.2) is 36.4 Å². The molecule has 0 aliphatic heterocycles. The van der Waals surface area contributed by atoms with Crippen LogP contribution in [0.25, 0.3) is 0 Å². The number of aliphatic hydroxyl groups is 1. The number of halogens is 3. The molecule has 0 saturated carbocycles. The maximum Gasteiger partial charge on any atom is 0.305 e. The van der Waals surface area contributed by atoms with E-state index in [-0.39, 0.29) is 42.8 Å². The Morgan fingerprint density at radius 3 is 2.49 bits per heavy atom. The third-order valence-corrected chi connectivity index (χ3v) is 6.64. The SMILES string of the molecule is CCOC(=O)CCCCc1cc(F)c(F)c(OC[C@H](O)CNC(C)(C)CC2Cc3ccccc3C2)c1.Cl. The van der Waals surface area contributed by atoms with Gasteiger partial charge in [-0.05, 0) is 94.0 Å². The topological polar surface area (TPSA) is 67.8 Å². The average Bonchev–Trinajstić information content (AvgIpc) is 3.23. The summed E-state index contributed by atoms with van der Waals surface area (Å²) in [5, 5.41) is 13.8. The number of aryl methyl sites for hydroxylation is 1. The number of aliphatic hydroxyl groups excluding tert-OH is 1. The van der Waals surface area contributed by atoms with Crippen LogP contribution in [0, 0.1) is 17.6 Å². The molecular formula is C29H40ClF2NO4. The van der Waals surface area contributed by atoms with Crippen molar-refractivity contribution in [1.82, 2.24) is 5.32 Å². The molecule has 0 unspecified atom stereocenters. The second-order valence-electron chi connectivity index (χ2n) is 10.4. The van der Waals surface area contributed by atoms with Gasteiger partial charge in [0.2, 0.25) is 5.82 Å². The van der Waals surface area contributed by atoms with Gasteiger partial charge in [-0.1, -0.05) is 24.3 Å². The third kappa shape index (κ3) is 9.87. The van der Waals surface area contributed by atoms with E-state index < -0.39 is 17.7 Å². The second kappa shape index (κ2) is 14.6. The minimum Gasteiger partial charge on any atom is -0.488 e. The highest BCUT2D eigenvalue weighted by atomic mass is 35.5. The van der Waals surface area contributed by atoms with Crippen LogP contribution in [0.1, 0.15) is 63.1 Å². The monoisotopic (exact) mass is 539 g/mol. The molecule has 1 aliphatic rings. The number of β-amino-alcohol motifs (C(OH)–C–C–N with tert-alkyl or cyclic N) is 1. The summed E-state index contributed by atoms with van der Waals surface area (Å²) >= 11 is 0. The summed E-state index contributed by atoms with van der Waals surface area (Å²) in [5.41, 5.74) is 3.23. The van der Waals surface area contributed by atoms with E-state index in [9.17, 15) is 18.7 Å². The summed E-state index contributed by atoms with van der Waals surface area (Å²) in [6, 6.07) is 11.2. The molecule has 2 aromatic rings. The van der Waals surface area contributed by atoms with Crippen molar-refractivity contribution < 1.29 is 28.2 Å². The maximum absolute atomic E-state index is 14.3. The highest BCUT2D eigenvalue weighted by Crippen LogP contribution is 2.32. The number of carbonyl (C=O) groups is 1. The zero-order valence-electron chi connectivity index (χ0n) is 22.0. The second-order valence-corrected chi connectivity index (χ2v) is 10.4. The normalized spacial score (nSPS) is 14.1. The summed E-state index contributed by atoms with van der Waals surface area (Å²) in [4.78, 5) is 11.4. The number of esters is 1. The predicted molar refractivity (Wildman–Crippen MR) is 143 cm³/mol. The summed E-state index contributed by atoms with van der Waals surface area (Å²) in [6.07, 6.45) is 4.24. The van der Waals surface area contributed by atoms with Crippen LogP contribution in [-0.4, -0.2) is 42.5 Å². The van der Waals surface area contributed by atoms with Crippen molar-refractivity contribution in [2.45, 2.75) is 77.4 Å². The van der Waals surface area contributed by atoms with Gasteiger partial charge in [-0.15, -0.1) is 12.4 Å². The fourth-order valence-corrected chi connectivity index (χ4v) is 4.93. The maximum atomic E-state index is 14.3. The van der Waals surface area contributed by atoms with E-state index in [1.165, 1.54) is 17.2 Å². The van der Waals surface area contributed by atoms with Crippen molar-refractivity contribution >= 4 is 18.4 Å². The molecule has 0 spiro atoms. The first kappa shape index (κ1) is 31.0. The number of ether oxygens (including phenoxy) is 2. The fourth-order valence-electron chi connectivity index (χ4n) is 4.93. The Hall–Kier alpha value is -2.22. The van der Waals surface area contributed by atoms with Crippen LogP contribution in [-0.2, 0) is 28.8 Å². The number of unbranched alkanes of at least 4 members (excludes halogenated alkanes) is 1. The lowest BCUT2D eigenvalue weighted by Gasteiger charge is -2.30. The molecule has 3 rings (SSSR count). The van der Waals surface area contributed by atoms with Crippen molar-refractivity contribution in [3.8, 4) is 5.75 Å². The summed E-state index contributed by atoms with van der Waals surface area (Å²) in [5.74, 6) is -1.97. The number of benzene rings is 2. The highest BCUT2D eigenvalue weighted by molar-refractivity contribution is 5.85. The minimum atomic E-state index is -1.06. The summed E-state index contributed by atoms with van der Waals surface area (Å²) in [7, 11) is 0. The van der Waals surface area contributed by atoms with Crippen LogP contribution in [0.5, 0.6) is 5.75 Å². The summed E-state index contributed by atoms with van der Waals surface area (Å²) in [6.45, 7) is 6.46. The van der Waals surface area contributed by atoms with Crippen molar-refractivity contribution in [2.24, 2.45) is 5.92 Å². The Kier molecular flexibility index (Phi) is 12.3. The van der Waals surface area contributed by atoms with E-state index in [0.717, 1.165) is 25.3 Å². The van der Waals surface area contributed by atoms with Crippen molar-refractivity contribution in [3.05, 3.63) is 64.7 Å². The molecule has 8 heteroatoms. The Morgan fingerprint density at radius 1 is 1.16 bits per heavy atom. The summed E-state index contributed by atoms with van der Waals surface area (Å²) < 4.78 is 38.7. The standard InChI is InChI=1S/C29H39F2NO4.ClH/c1-4-35-27(34)12-8-5-9-20-15-25(30)28(31)26(16-20)36-19-24(33)18-32-29(2,3)17-21-13-22-10-6-7-11-23(22)14-21;/h6-7,10-11,15-16,21,24,32-33H,4-5,8-9,12-14,17-19H2,1-3H3;1H/t24-;/m1./s1. The van der Waals surface area contributed by atoms with E-state index in [2.05, 4.69) is 43.4 Å². The third-order valence-electron chi connectivity index (χ3n) is 6.64. The van der Waals surface area contributed by atoms with Crippen molar-refractivity contribution in [1.29, 1.82) is 0 Å². The van der Waals surface area contributed by atoms with Crippen molar-refractivity contribution in [3.63, 3.8) is 0 Å². The number of carbonyl (C=O) groups excluding carboxylic acids is 1. The van der Waals surface area contributed by atoms with Gasteiger partial charge in [0.05, 0.1) is 6.61 Å². The number of fused-ring (bicyclic) bond motifs is 1. The van der Waals surface area contributed by atoms with Gasteiger partial charge in [0.1, 0.15) is 12.7 Å². The lowest BCUT2D eigenvalue weighted by molar-refractivity contribution is -0.143. The van der Waals surface area contributed by atoms with E-state index in [1.54, 1.807) is 6.92 Å². The molecule has 0 fully saturated rings. The Bertz CT molecular complexity index is 992. The molecule has 0 bridgehead atoms. The van der Waals surface area contributed by atoms with Crippen LogP contribution < -0.4 is 10.1 Å². The zero-order valence-corrected chi connectivity index (χ0v) is 22.8. The molecule has 37 heavy (non-hydrogen) atoms. The van der Waals surface area contributed by atoms with Gasteiger partial charge < -0.3 is 19.9 Å². The molecule has 2 aromatic carbocycles. The first-order valence-corrected chi connectivity index (χ1v) is 12.9. The largest absolute Gasteiger partial charge is 0.488 e. The van der Waals surface area contributed by atoms with E-state index in [0.29, 0.717) is 43.8 Å². The van der Waals surface area contributed by atoms with Gasteiger partial charge >= 0.3 is 5.97 Å². The molecule has 1 atom stereocenters. The Balaban J connectivity index is 0.00000481. The van der Waals surface area contributed by atoms with Crippen LogP contribution in [0.2, 0.25) is 0 Å². The molecule has 0 amide bonds. The lowest BCUT2D eigenvalue weighted by Crippen LogP contribution is -2.46. The van der Waals surface area contributed by atoms with E-state index in [1.807, 2.05) is 0 Å². The van der Waals surface area contributed by atoms with Gasteiger partial charge in [-0.3, -0.25) is 4.79 Å². The van der Waals surface area contributed by atoms with Gasteiger partial charge in [0, 0.05) is 18.5 Å². The lowest BCUT2D eigenvalue weighted by atomic mass is 9.88. The van der Waals surface area contributed by atoms with Gasteiger partial charge in [-0.25, -0.2) is 4.39 Å². The quantitative estimate of drug-likeness (QED) is 0.242. The molecule has 0 heterocycles. The molecule has 0 saturated heterocycles. The first-order chi connectivity index (χ1) is 17.2. The van der Waals surface area contributed by atoms with E-state index >= 15 is 0 Å². The number of hydrogen-bond acceptors (Lipinski definition) is 5.